The molecule has 0 bridgehead atoms. The van der Waals surface area contributed by atoms with Crippen LogP contribution in [0.4, 0.5) is 0 Å². The number of hydrogen-bond acceptors (Lipinski definition) is 3. The maximum atomic E-state index is 10.4. The summed E-state index contributed by atoms with van der Waals surface area (Å²) in [6.45, 7) is 10.2. The first-order valence-corrected chi connectivity index (χ1v) is 3.97. The van der Waals surface area contributed by atoms with E-state index in [0.717, 1.165) is 6.08 Å². The van der Waals surface area contributed by atoms with Crippen molar-refractivity contribution < 1.29 is 4.92 Å². The van der Waals surface area contributed by atoms with Crippen molar-refractivity contribution in [3.8, 4) is 6.07 Å². The molecule has 0 unspecified atom stereocenters. The molecule has 0 amide bonds. The summed E-state index contributed by atoms with van der Waals surface area (Å²) in [6.07, 6.45) is 5.17. The van der Waals surface area contributed by atoms with Crippen LogP contribution in [0.5, 0.6) is 0 Å². The van der Waals surface area contributed by atoms with E-state index in [0.29, 0.717) is 5.57 Å². The van der Waals surface area contributed by atoms with Gasteiger partial charge in [-0.25, -0.2) is 0 Å². The Morgan fingerprint density at radius 3 is 2.27 bits per heavy atom. The first kappa shape index (κ1) is 12.6. The first-order chi connectivity index (χ1) is 7.06. The van der Waals surface area contributed by atoms with Crippen LogP contribution in [-0.4, -0.2) is 4.92 Å². The molecule has 0 fully saturated rings. The molecule has 0 aliphatic heterocycles. The van der Waals surface area contributed by atoms with E-state index in [-0.39, 0.29) is 11.3 Å². The van der Waals surface area contributed by atoms with E-state index >= 15 is 0 Å². The van der Waals surface area contributed by atoms with Gasteiger partial charge in [0.15, 0.2) is 0 Å². The van der Waals surface area contributed by atoms with Crippen LogP contribution in [-0.2, 0) is 0 Å². The van der Waals surface area contributed by atoms with Gasteiger partial charge in [-0.3, -0.25) is 10.1 Å². The zero-order valence-electron chi connectivity index (χ0n) is 8.14. The third-order valence-corrected chi connectivity index (χ3v) is 1.56. The van der Waals surface area contributed by atoms with Crippen molar-refractivity contribution in [3.63, 3.8) is 0 Å². The lowest BCUT2D eigenvalue weighted by atomic mass is 10.1. The fourth-order valence-electron chi connectivity index (χ4n) is 0.735. The van der Waals surface area contributed by atoms with Crippen LogP contribution in [0.1, 0.15) is 0 Å². The largest absolute Gasteiger partial charge is 0.268 e. The summed E-state index contributed by atoms with van der Waals surface area (Å²) in [5, 5.41) is 18.9. The predicted molar refractivity (Wildman–Crippen MR) is 58.3 cm³/mol. The van der Waals surface area contributed by atoms with Crippen LogP contribution < -0.4 is 0 Å². The molecule has 4 heteroatoms. The quantitative estimate of drug-likeness (QED) is 0.298. The van der Waals surface area contributed by atoms with Gasteiger partial charge in [-0.05, 0) is 11.6 Å². The molecule has 0 aromatic heterocycles. The predicted octanol–water partition coefficient (Wildman–Crippen LogP) is 2.53. The van der Waals surface area contributed by atoms with Crippen LogP contribution in [0, 0.1) is 21.4 Å². The monoisotopic (exact) mass is 202 g/mol. The van der Waals surface area contributed by atoms with Gasteiger partial charge >= 0.3 is 0 Å². The Morgan fingerprint density at radius 1 is 1.33 bits per heavy atom. The van der Waals surface area contributed by atoms with Crippen molar-refractivity contribution in [1.82, 2.24) is 0 Å². The van der Waals surface area contributed by atoms with Gasteiger partial charge in [0.2, 0.25) is 0 Å². The van der Waals surface area contributed by atoms with Gasteiger partial charge in [0, 0.05) is 12.2 Å². The Balaban J connectivity index is 5.12. The van der Waals surface area contributed by atoms with Crippen LogP contribution in [0.15, 0.2) is 60.9 Å². The zero-order valence-corrected chi connectivity index (χ0v) is 8.14. The van der Waals surface area contributed by atoms with Crippen molar-refractivity contribution in [2.24, 2.45) is 0 Å². The second-order valence-corrected chi connectivity index (χ2v) is 2.47. The van der Waals surface area contributed by atoms with Crippen LogP contribution in [0.2, 0.25) is 0 Å². The Hall–Kier alpha value is -2.41. The molecule has 0 aliphatic rings. The van der Waals surface area contributed by atoms with Crippen LogP contribution >= 0.6 is 0 Å². The van der Waals surface area contributed by atoms with E-state index in [1.807, 2.05) is 6.07 Å². The highest BCUT2D eigenvalue weighted by atomic mass is 16.6. The summed E-state index contributed by atoms with van der Waals surface area (Å²) in [6, 6.07) is 1.83. The van der Waals surface area contributed by atoms with E-state index in [2.05, 4.69) is 19.7 Å². The number of hydrogen-bond donors (Lipinski definition) is 0. The topological polar surface area (TPSA) is 66.9 Å². The van der Waals surface area contributed by atoms with Gasteiger partial charge in [0.05, 0.1) is 16.6 Å². The summed E-state index contributed by atoms with van der Waals surface area (Å²) < 4.78 is 0. The summed E-state index contributed by atoms with van der Waals surface area (Å²) in [7, 11) is 0. The SMILES string of the molecule is C=C/C(=C\C=C(/C=C)[N+](=O)[O-])C(=C)C#N. The molecule has 0 radical (unpaired) electrons. The van der Waals surface area contributed by atoms with Gasteiger partial charge < -0.3 is 0 Å². The highest BCUT2D eigenvalue weighted by molar-refractivity contribution is 5.47. The summed E-state index contributed by atoms with van der Waals surface area (Å²) in [4.78, 5) is 9.82. The number of allylic oxidation sites excluding steroid dienone is 6. The number of nitro groups is 1. The van der Waals surface area contributed by atoms with E-state index in [1.165, 1.54) is 18.2 Å². The number of rotatable bonds is 5. The van der Waals surface area contributed by atoms with E-state index in [4.69, 9.17) is 5.26 Å². The van der Waals surface area contributed by atoms with Gasteiger partial charge in [-0.15, -0.1) is 0 Å². The lowest BCUT2D eigenvalue weighted by Gasteiger charge is -1.94. The molecule has 0 aromatic carbocycles. The van der Waals surface area contributed by atoms with Crippen molar-refractivity contribution in [3.05, 3.63) is 71.0 Å². The Kier molecular flexibility index (Phi) is 5.13. The van der Waals surface area contributed by atoms with Crippen molar-refractivity contribution >= 4 is 0 Å². The van der Waals surface area contributed by atoms with Gasteiger partial charge in [0.1, 0.15) is 0 Å². The van der Waals surface area contributed by atoms with Gasteiger partial charge in [-0.1, -0.05) is 25.8 Å². The van der Waals surface area contributed by atoms with E-state index in [9.17, 15) is 10.1 Å². The molecule has 4 nitrogen and oxygen atoms in total. The normalized spacial score (nSPS) is 11.4. The highest BCUT2D eigenvalue weighted by Crippen LogP contribution is 2.09. The molecule has 0 spiro atoms. The highest BCUT2D eigenvalue weighted by Gasteiger charge is 2.03. The van der Waals surface area contributed by atoms with E-state index in [1.54, 1.807) is 0 Å². The maximum Gasteiger partial charge on any atom is 0.268 e. The fraction of sp³-hybridized carbons (Fsp3) is 0. The Bertz CT molecular complexity index is 409. The molecule has 0 heterocycles. The van der Waals surface area contributed by atoms with Gasteiger partial charge in [0.25, 0.3) is 5.70 Å². The minimum atomic E-state index is -0.570. The van der Waals surface area contributed by atoms with Crippen molar-refractivity contribution in [2.75, 3.05) is 0 Å². The standard InChI is InChI=1S/C11H10N2O2/c1-4-10(9(3)8-12)6-7-11(5-2)13(14)15/h4-7H,1-3H2/b10-6+,11-7+. The van der Waals surface area contributed by atoms with Crippen LogP contribution in [0.3, 0.4) is 0 Å². The van der Waals surface area contributed by atoms with Gasteiger partial charge in [-0.2, -0.15) is 5.26 Å². The summed E-state index contributed by atoms with van der Waals surface area (Å²) in [5.74, 6) is 0. The molecule has 0 saturated heterocycles. The zero-order chi connectivity index (χ0) is 11.8. The van der Waals surface area contributed by atoms with Crippen LogP contribution in [0.25, 0.3) is 0 Å². The lowest BCUT2D eigenvalue weighted by Crippen LogP contribution is -1.94. The molecule has 0 aromatic rings. The molecular weight excluding hydrogens is 192 g/mol. The molecule has 0 rings (SSSR count). The van der Waals surface area contributed by atoms with Crippen molar-refractivity contribution in [2.45, 2.75) is 0 Å². The second kappa shape index (κ2) is 6.11. The fourth-order valence-corrected chi connectivity index (χ4v) is 0.735. The summed E-state index contributed by atoms with van der Waals surface area (Å²) in [5.41, 5.74) is 0.492. The smallest absolute Gasteiger partial charge is 0.258 e. The molecule has 15 heavy (non-hydrogen) atoms. The first-order valence-electron chi connectivity index (χ1n) is 3.97. The Labute approximate surface area is 88.0 Å². The minimum Gasteiger partial charge on any atom is -0.258 e. The Morgan fingerprint density at radius 2 is 1.93 bits per heavy atom. The maximum absolute atomic E-state index is 10.4. The average molecular weight is 202 g/mol. The molecular formula is C11H10N2O2. The number of nitriles is 1. The molecule has 0 atom stereocenters. The summed E-state index contributed by atoms with van der Waals surface area (Å²) >= 11 is 0. The third kappa shape index (κ3) is 3.87. The van der Waals surface area contributed by atoms with E-state index < -0.39 is 4.92 Å². The molecule has 76 valence electrons. The van der Waals surface area contributed by atoms with Crippen molar-refractivity contribution in [1.29, 1.82) is 5.26 Å². The second-order valence-electron chi connectivity index (χ2n) is 2.47. The molecule has 0 N–H and O–H groups in total. The minimum absolute atomic E-state index is 0.153. The average Bonchev–Trinajstić information content (AvgIpc) is 2.23. The molecule has 0 saturated carbocycles. The third-order valence-electron chi connectivity index (χ3n) is 1.56. The lowest BCUT2D eigenvalue weighted by molar-refractivity contribution is -0.418. The number of nitrogens with zero attached hydrogens (tertiary/aromatic N) is 2. The molecule has 0 aliphatic carbocycles.